The van der Waals surface area contributed by atoms with Crippen molar-refractivity contribution in [1.29, 1.82) is 0 Å². The molecule has 1 fully saturated rings. The van der Waals surface area contributed by atoms with Crippen molar-refractivity contribution in [3.63, 3.8) is 0 Å². The van der Waals surface area contributed by atoms with E-state index in [9.17, 15) is 4.79 Å². The van der Waals surface area contributed by atoms with Crippen LogP contribution < -0.4 is 5.32 Å². The first-order chi connectivity index (χ1) is 6.79. The second-order valence-corrected chi connectivity index (χ2v) is 3.47. The van der Waals surface area contributed by atoms with Gasteiger partial charge in [0.05, 0.1) is 12.3 Å². The van der Waals surface area contributed by atoms with Crippen LogP contribution in [-0.4, -0.2) is 24.0 Å². The topological polar surface area (TPSA) is 45.5 Å². The molecule has 1 atom stereocenters. The number of nitrogens with one attached hydrogen (secondary N) is 1. The fraction of sp³-hybridized carbons (Fsp3) is 0.500. The van der Waals surface area contributed by atoms with Gasteiger partial charge >= 0.3 is 6.03 Å². The van der Waals surface area contributed by atoms with Crippen LogP contribution in [0.15, 0.2) is 22.8 Å². The number of carbonyl (C=O) groups excluding carboxylic acids is 1. The van der Waals surface area contributed by atoms with Crippen LogP contribution in [0.5, 0.6) is 0 Å². The molecule has 1 aliphatic heterocycles. The minimum Gasteiger partial charge on any atom is -0.467 e. The molecule has 1 N–H and O–H groups in total. The highest BCUT2D eigenvalue weighted by Gasteiger charge is 2.25. The maximum absolute atomic E-state index is 11.5. The molecule has 0 saturated carbocycles. The number of furan rings is 1. The Bertz CT molecular complexity index is 308. The Balaban J connectivity index is 2.10. The van der Waals surface area contributed by atoms with Crippen molar-refractivity contribution in [2.75, 3.05) is 13.1 Å². The zero-order valence-corrected chi connectivity index (χ0v) is 8.19. The molecule has 1 saturated heterocycles. The SMILES string of the molecule is CC(c1ccco1)N1CCCNC1=O. The van der Waals surface area contributed by atoms with Crippen LogP contribution in [0.3, 0.4) is 0 Å². The zero-order chi connectivity index (χ0) is 9.97. The standard InChI is InChI=1S/C10H14N2O2/c1-8(9-4-2-7-14-9)12-6-3-5-11-10(12)13/h2,4,7-8H,3,5-6H2,1H3,(H,11,13). The van der Waals surface area contributed by atoms with Gasteiger partial charge in [-0.05, 0) is 25.5 Å². The van der Waals surface area contributed by atoms with E-state index in [0.717, 1.165) is 25.3 Å². The lowest BCUT2D eigenvalue weighted by Crippen LogP contribution is -2.47. The second-order valence-electron chi connectivity index (χ2n) is 3.47. The molecule has 14 heavy (non-hydrogen) atoms. The second kappa shape index (κ2) is 3.74. The van der Waals surface area contributed by atoms with E-state index in [1.54, 1.807) is 11.2 Å². The van der Waals surface area contributed by atoms with Crippen LogP contribution in [0.2, 0.25) is 0 Å². The molecule has 2 rings (SSSR count). The first-order valence-corrected chi connectivity index (χ1v) is 4.87. The largest absolute Gasteiger partial charge is 0.467 e. The number of urea groups is 1. The van der Waals surface area contributed by atoms with Crippen molar-refractivity contribution >= 4 is 6.03 Å². The Kier molecular flexibility index (Phi) is 2.43. The Morgan fingerprint density at radius 3 is 3.14 bits per heavy atom. The molecule has 0 bridgehead atoms. The molecule has 1 aromatic rings. The maximum Gasteiger partial charge on any atom is 0.318 e. The number of hydrogen-bond donors (Lipinski definition) is 1. The first kappa shape index (κ1) is 9.12. The molecule has 1 aromatic heterocycles. The van der Waals surface area contributed by atoms with Gasteiger partial charge in [0.25, 0.3) is 0 Å². The third kappa shape index (κ3) is 1.60. The van der Waals surface area contributed by atoms with Gasteiger partial charge in [0.2, 0.25) is 0 Å². The highest BCUT2D eigenvalue weighted by atomic mass is 16.3. The summed E-state index contributed by atoms with van der Waals surface area (Å²) in [5.74, 6) is 0.835. The summed E-state index contributed by atoms with van der Waals surface area (Å²) in [5.41, 5.74) is 0. The van der Waals surface area contributed by atoms with Gasteiger partial charge in [-0.25, -0.2) is 4.79 Å². The predicted molar refractivity (Wildman–Crippen MR) is 51.8 cm³/mol. The van der Waals surface area contributed by atoms with Crippen LogP contribution in [0, 0.1) is 0 Å². The van der Waals surface area contributed by atoms with E-state index >= 15 is 0 Å². The molecule has 4 nitrogen and oxygen atoms in total. The van der Waals surface area contributed by atoms with Gasteiger partial charge in [-0.2, -0.15) is 0 Å². The Morgan fingerprint density at radius 2 is 2.50 bits per heavy atom. The number of rotatable bonds is 2. The minimum absolute atomic E-state index is 0.000139. The average molecular weight is 194 g/mol. The van der Waals surface area contributed by atoms with E-state index < -0.39 is 0 Å². The molecular formula is C10H14N2O2. The minimum atomic E-state index is 0.000139. The molecule has 1 unspecified atom stereocenters. The van der Waals surface area contributed by atoms with Crippen molar-refractivity contribution in [2.45, 2.75) is 19.4 Å². The van der Waals surface area contributed by atoms with Crippen LogP contribution in [0.25, 0.3) is 0 Å². The fourth-order valence-electron chi connectivity index (χ4n) is 1.70. The molecular weight excluding hydrogens is 180 g/mol. The molecule has 76 valence electrons. The molecule has 0 aliphatic carbocycles. The summed E-state index contributed by atoms with van der Waals surface area (Å²) in [4.78, 5) is 13.3. The predicted octanol–water partition coefficient (Wildman–Crippen LogP) is 1.76. The summed E-state index contributed by atoms with van der Waals surface area (Å²) in [6.07, 6.45) is 2.63. The Labute approximate surface area is 82.9 Å². The molecule has 4 heteroatoms. The average Bonchev–Trinajstić information content (AvgIpc) is 2.70. The monoisotopic (exact) mass is 194 g/mol. The quantitative estimate of drug-likeness (QED) is 0.779. The third-order valence-corrected chi connectivity index (χ3v) is 2.54. The summed E-state index contributed by atoms with van der Waals surface area (Å²) in [6.45, 7) is 3.55. The smallest absolute Gasteiger partial charge is 0.318 e. The molecule has 0 spiro atoms. The first-order valence-electron chi connectivity index (χ1n) is 4.87. The van der Waals surface area contributed by atoms with Gasteiger partial charge in [0.15, 0.2) is 0 Å². The Morgan fingerprint density at radius 1 is 1.64 bits per heavy atom. The van der Waals surface area contributed by atoms with Gasteiger partial charge in [-0.15, -0.1) is 0 Å². The van der Waals surface area contributed by atoms with Crippen molar-refractivity contribution in [1.82, 2.24) is 10.2 Å². The number of carbonyl (C=O) groups is 1. The van der Waals surface area contributed by atoms with Crippen molar-refractivity contribution in [2.24, 2.45) is 0 Å². The normalized spacial score (nSPS) is 19.2. The van der Waals surface area contributed by atoms with Crippen LogP contribution >= 0.6 is 0 Å². The maximum atomic E-state index is 11.5. The van der Waals surface area contributed by atoms with Gasteiger partial charge in [0, 0.05) is 13.1 Å². The van der Waals surface area contributed by atoms with Crippen LogP contribution in [0.1, 0.15) is 25.1 Å². The Hall–Kier alpha value is -1.45. The summed E-state index contributed by atoms with van der Waals surface area (Å²) in [7, 11) is 0. The highest BCUT2D eigenvalue weighted by Crippen LogP contribution is 2.21. The molecule has 2 amide bonds. The van der Waals surface area contributed by atoms with Crippen molar-refractivity contribution < 1.29 is 9.21 Å². The molecule has 2 heterocycles. The summed E-state index contributed by atoms with van der Waals surface area (Å²) in [6, 6.07) is 3.76. The van der Waals surface area contributed by atoms with E-state index in [1.165, 1.54) is 0 Å². The van der Waals surface area contributed by atoms with Crippen molar-refractivity contribution in [3.8, 4) is 0 Å². The number of nitrogens with zero attached hydrogens (tertiary/aromatic N) is 1. The zero-order valence-electron chi connectivity index (χ0n) is 8.19. The van der Waals surface area contributed by atoms with E-state index in [1.807, 2.05) is 19.1 Å². The number of amides is 2. The lowest BCUT2D eigenvalue weighted by atomic mass is 10.2. The van der Waals surface area contributed by atoms with Crippen LogP contribution in [-0.2, 0) is 0 Å². The van der Waals surface area contributed by atoms with Gasteiger partial charge in [0.1, 0.15) is 5.76 Å². The lowest BCUT2D eigenvalue weighted by Gasteiger charge is -2.31. The van der Waals surface area contributed by atoms with Crippen LogP contribution in [0.4, 0.5) is 4.79 Å². The summed E-state index contributed by atoms with van der Waals surface area (Å²) in [5, 5.41) is 2.82. The van der Waals surface area contributed by atoms with E-state index in [2.05, 4.69) is 5.32 Å². The molecule has 0 radical (unpaired) electrons. The van der Waals surface area contributed by atoms with Gasteiger partial charge < -0.3 is 14.6 Å². The fourth-order valence-corrected chi connectivity index (χ4v) is 1.70. The van der Waals surface area contributed by atoms with Gasteiger partial charge in [-0.1, -0.05) is 0 Å². The van der Waals surface area contributed by atoms with Gasteiger partial charge in [-0.3, -0.25) is 0 Å². The summed E-state index contributed by atoms with van der Waals surface area (Å²) < 4.78 is 5.28. The summed E-state index contributed by atoms with van der Waals surface area (Å²) >= 11 is 0. The third-order valence-electron chi connectivity index (χ3n) is 2.54. The van der Waals surface area contributed by atoms with E-state index in [-0.39, 0.29) is 12.1 Å². The molecule has 1 aliphatic rings. The van der Waals surface area contributed by atoms with Crippen molar-refractivity contribution in [3.05, 3.63) is 24.2 Å². The number of hydrogen-bond acceptors (Lipinski definition) is 2. The molecule has 0 aromatic carbocycles. The van der Waals surface area contributed by atoms with E-state index in [0.29, 0.717) is 0 Å². The lowest BCUT2D eigenvalue weighted by molar-refractivity contribution is 0.158. The highest BCUT2D eigenvalue weighted by molar-refractivity contribution is 5.75. The van der Waals surface area contributed by atoms with E-state index in [4.69, 9.17) is 4.42 Å².